The largest absolute Gasteiger partial charge is 0.489 e. The molecule has 27 nitrogen and oxygen atoms in total. The van der Waals surface area contributed by atoms with Crippen LogP contribution in [0.25, 0.3) is 99.8 Å². The van der Waals surface area contributed by atoms with E-state index in [-0.39, 0.29) is 30.8 Å². The standard InChI is InChI=1S/C27H29N7O2.C19H23ClN6O2.C14H11ClN4O3.C8H8BNO2.CH2Cl2.2CH4/c1-32-7-9-33(10-8-32)17-18-15-21-23-24(36-27(21)29-16-18)26(34-11-13-35-14-12-34)31-25(30-23)20-3-2-4-22-19(20)5-6-28-22;1-24-2-4-25(5-3-24)12-13-10-14-15-16(28-18(14)21-11-13)17(23-19(20)22-15)26-6-8-27-9-7-26;15-14-17-10-9-5-8(7-20)6-16-13(9)22-11(10)12(18-14)19-1-3-21-4-2-19;11-9(12)7-2-1-3-8-6(7)4-5-10-8;2-1-3;;/h2-6,15-16,28H,7-14,17H2,1H3;10-11H,2-9,12H2,1H3;5-7H,1-4H2;1-5,10-12H;1H2;2*1H4. The summed E-state index contributed by atoms with van der Waals surface area (Å²) in [6, 6.07) is 21.5. The maximum Gasteiger partial charge on any atom is 0.489 e. The van der Waals surface area contributed by atoms with E-state index in [4.69, 9.17) is 98.9 Å². The van der Waals surface area contributed by atoms with Gasteiger partial charge < -0.3 is 72.0 Å². The highest BCUT2D eigenvalue weighted by Crippen LogP contribution is 2.39. The van der Waals surface area contributed by atoms with Gasteiger partial charge in [-0.3, -0.25) is 14.6 Å². The van der Waals surface area contributed by atoms with Crippen molar-refractivity contribution in [1.82, 2.24) is 74.4 Å². The average molecular weight is 1480 g/mol. The van der Waals surface area contributed by atoms with Gasteiger partial charge in [-0.05, 0) is 102 Å². The van der Waals surface area contributed by atoms with Crippen molar-refractivity contribution in [2.45, 2.75) is 27.9 Å². The number of aromatic nitrogens is 11. The molecule has 5 aliphatic heterocycles. The topological polar surface area (TPSA) is 295 Å². The number of pyridine rings is 3. The second-order valence-corrected chi connectivity index (χ2v) is 26.4. The molecule has 0 aliphatic carbocycles. The number of H-pyrrole nitrogens is 2. The summed E-state index contributed by atoms with van der Waals surface area (Å²) >= 11 is 21.8. The van der Waals surface area contributed by atoms with Gasteiger partial charge in [0.2, 0.25) is 27.7 Å². The van der Waals surface area contributed by atoms with E-state index >= 15 is 0 Å². The Kier molecular flexibility index (Phi) is 24.5. The van der Waals surface area contributed by atoms with Crippen LogP contribution < -0.4 is 20.2 Å². The zero-order valence-electron chi connectivity index (χ0n) is 55.6. The van der Waals surface area contributed by atoms with Crippen LogP contribution in [0.1, 0.15) is 36.3 Å². The van der Waals surface area contributed by atoms with Crippen molar-refractivity contribution < 1.29 is 42.3 Å². The number of halogens is 4. The van der Waals surface area contributed by atoms with E-state index in [9.17, 15) is 4.79 Å². The fourth-order valence-electron chi connectivity index (χ4n) is 13.1. The lowest BCUT2D eigenvalue weighted by molar-refractivity contribution is 0.112. The van der Waals surface area contributed by atoms with Gasteiger partial charge in [0.25, 0.3) is 0 Å². The van der Waals surface area contributed by atoms with Crippen LogP contribution in [0.3, 0.4) is 0 Å². The number of rotatable bonds is 10. The maximum absolute atomic E-state index is 10.9. The number of aldehydes is 1. The van der Waals surface area contributed by atoms with Gasteiger partial charge in [0.05, 0.1) is 61.1 Å². The highest BCUT2D eigenvalue weighted by atomic mass is 35.5. The van der Waals surface area contributed by atoms with E-state index in [1.807, 2.05) is 41.7 Å². The fourth-order valence-corrected chi connectivity index (χ4v) is 13.4. The molecule has 0 radical (unpaired) electrons. The number of nitrogens with one attached hydrogen (secondary N) is 2. The third-order valence-electron chi connectivity index (χ3n) is 18.4. The Morgan fingerprint density at radius 1 is 0.495 bits per heavy atom. The van der Waals surface area contributed by atoms with Crippen LogP contribution in [-0.2, 0) is 27.3 Å². The van der Waals surface area contributed by atoms with E-state index in [1.165, 1.54) is 11.8 Å². The van der Waals surface area contributed by atoms with Gasteiger partial charge in [0.15, 0.2) is 46.3 Å². The highest BCUT2D eigenvalue weighted by Gasteiger charge is 2.28. The minimum atomic E-state index is -1.40. The van der Waals surface area contributed by atoms with Gasteiger partial charge in [0, 0.05) is 163 Å². The predicted molar refractivity (Wildman–Crippen MR) is 407 cm³/mol. The van der Waals surface area contributed by atoms with Crippen molar-refractivity contribution in [3.63, 3.8) is 0 Å². The number of carbonyl (C=O) groups is 1. The van der Waals surface area contributed by atoms with Gasteiger partial charge in [-0.2, -0.15) is 9.97 Å². The molecule has 2 aromatic carbocycles. The predicted octanol–water partition coefficient (Wildman–Crippen LogP) is 10.1. The summed E-state index contributed by atoms with van der Waals surface area (Å²) in [6.45, 7) is 18.7. The first-order chi connectivity index (χ1) is 49.4. The SMILES string of the molecule is C.C.CN1CCN(Cc2cnc3oc4c(N5CCOCC5)nc(-c5cccc6[nH]ccc56)nc4c3c2)CC1.CN1CCN(Cc2cnc3oc4c(N5CCOCC5)nc(Cl)nc4c3c2)CC1.ClCCl.O=Cc1cnc2oc3c(N4CCOCC4)nc(Cl)nc3c2c1.OB(O)c1cccc2[nH]ccc12. The molecular weight excluding hydrogens is 1400 g/mol. The number of fused-ring (bicyclic) bond motifs is 11. The van der Waals surface area contributed by atoms with Gasteiger partial charge in [-0.15, -0.1) is 23.2 Å². The lowest BCUT2D eigenvalue weighted by Crippen LogP contribution is -2.43. The Bertz CT molecular complexity index is 5030. The summed E-state index contributed by atoms with van der Waals surface area (Å²) in [5, 5.41) is 23.0. The van der Waals surface area contributed by atoms with Crippen molar-refractivity contribution in [3.8, 4) is 11.4 Å². The van der Waals surface area contributed by atoms with Gasteiger partial charge in [-0.25, -0.2) is 34.9 Å². The first-order valence-corrected chi connectivity index (χ1v) is 35.1. The molecule has 5 saturated heterocycles. The molecule has 5 aliphatic rings. The normalized spacial score (nSPS) is 16.4. The number of hydrogen-bond donors (Lipinski definition) is 4. The van der Waals surface area contributed by atoms with E-state index < -0.39 is 7.12 Å². The number of nitrogens with zero attached hydrogens (tertiary/aromatic N) is 16. The second-order valence-electron chi connectivity index (χ2n) is 24.9. The molecule has 18 rings (SSSR count). The summed E-state index contributed by atoms with van der Waals surface area (Å²) < 4.78 is 34.6. The minimum absolute atomic E-state index is 0. The van der Waals surface area contributed by atoms with Crippen LogP contribution in [0.4, 0.5) is 17.5 Å². The zero-order valence-corrected chi connectivity index (χ0v) is 58.6. The molecular formula is C71H81BCl4N18O9. The number of aromatic amines is 2. The quantitative estimate of drug-likeness (QED) is 0.0428. The van der Waals surface area contributed by atoms with Crippen molar-refractivity contribution in [1.29, 1.82) is 0 Å². The average Bonchev–Trinajstić information content (AvgIpc) is 1.63. The molecule has 32 heteroatoms. The molecule has 0 saturated carbocycles. The summed E-state index contributed by atoms with van der Waals surface area (Å²) in [6.07, 6.45) is 9.75. The van der Waals surface area contributed by atoms with Gasteiger partial charge in [0.1, 0.15) is 16.6 Å². The van der Waals surface area contributed by atoms with Crippen LogP contribution in [-0.4, -0.2) is 249 Å². The number of morpholine rings is 3. The second kappa shape index (κ2) is 34.0. The van der Waals surface area contributed by atoms with Crippen molar-refractivity contribution >= 4 is 171 Å². The molecule has 540 valence electrons. The van der Waals surface area contributed by atoms with E-state index in [0.717, 1.165) is 164 Å². The summed E-state index contributed by atoms with van der Waals surface area (Å²) in [5.74, 6) is 2.85. The van der Waals surface area contributed by atoms with Crippen LogP contribution in [0, 0.1) is 0 Å². The first kappa shape index (κ1) is 74.3. The Balaban J connectivity index is 0.000000134. The van der Waals surface area contributed by atoms with Gasteiger partial charge in [-0.1, -0.05) is 39.1 Å². The minimum Gasteiger partial charge on any atom is -0.432 e. The van der Waals surface area contributed by atoms with Crippen molar-refractivity contribution in [2.75, 3.05) is 165 Å². The summed E-state index contributed by atoms with van der Waals surface area (Å²) in [7, 11) is 2.95. The number of ether oxygens (including phenoxy) is 3. The van der Waals surface area contributed by atoms with E-state index in [2.05, 4.69) is 114 Å². The number of carbonyl (C=O) groups excluding carboxylic acids is 1. The van der Waals surface area contributed by atoms with Crippen molar-refractivity contribution in [3.05, 3.63) is 125 Å². The molecule has 16 heterocycles. The monoisotopic (exact) mass is 1480 g/mol. The molecule has 103 heavy (non-hydrogen) atoms. The van der Waals surface area contributed by atoms with Crippen LogP contribution >= 0.6 is 46.4 Å². The molecule has 0 atom stereocenters. The first-order valence-electron chi connectivity index (χ1n) is 33.3. The lowest BCUT2D eigenvalue weighted by Gasteiger charge is -2.32. The summed E-state index contributed by atoms with van der Waals surface area (Å²) in [4.78, 5) is 74.3. The Morgan fingerprint density at radius 3 is 1.36 bits per heavy atom. The summed E-state index contributed by atoms with van der Waals surface area (Å²) in [5.41, 5.74) is 11.9. The number of piperazine rings is 2. The zero-order chi connectivity index (χ0) is 69.5. The Labute approximate surface area is 614 Å². The van der Waals surface area contributed by atoms with Crippen LogP contribution in [0.2, 0.25) is 10.6 Å². The Morgan fingerprint density at radius 2 is 0.903 bits per heavy atom. The number of anilines is 3. The van der Waals surface area contributed by atoms with E-state index in [0.29, 0.717) is 120 Å². The number of hydrogen-bond acceptors (Lipinski definition) is 25. The number of likely N-dealkylation sites (N-methyl/N-ethyl adjacent to an activating group) is 2. The molecule has 0 bridgehead atoms. The van der Waals surface area contributed by atoms with Gasteiger partial charge >= 0.3 is 7.12 Å². The molecule has 4 N–H and O–H groups in total. The number of furan rings is 3. The molecule has 0 amide bonds. The number of benzene rings is 2. The Hall–Kier alpha value is -8.46. The van der Waals surface area contributed by atoms with Crippen LogP contribution in [0.15, 0.2) is 111 Å². The third-order valence-corrected chi connectivity index (χ3v) is 18.7. The fraction of sp³-hybridized carbons (Fsp3) is 0.380. The molecule has 0 unspecified atom stereocenters. The molecule has 0 spiro atoms. The van der Waals surface area contributed by atoms with Crippen molar-refractivity contribution in [2.24, 2.45) is 0 Å². The molecule has 11 aromatic heterocycles. The molecule has 13 aromatic rings. The third kappa shape index (κ3) is 16.7. The number of alkyl halides is 2. The molecule has 5 fully saturated rings. The van der Waals surface area contributed by atoms with E-state index in [1.54, 1.807) is 24.4 Å². The van der Waals surface area contributed by atoms with Crippen LogP contribution in [0.5, 0.6) is 0 Å². The smallest absolute Gasteiger partial charge is 0.432 e. The lowest BCUT2D eigenvalue weighted by atomic mass is 9.78. The maximum atomic E-state index is 10.9. The highest BCUT2D eigenvalue weighted by molar-refractivity contribution is 6.61.